The van der Waals surface area contributed by atoms with Gasteiger partial charge in [0.05, 0.1) is 11.6 Å². The highest BCUT2D eigenvalue weighted by Crippen LogP contribution is 2.27. The first-order chi connectivity index (χ1) is 16.1. The van der Waals surface area contributed by atoms with Crippen molar-refractivity contribution in [2.24, 2.45) is 0 Å². The highest BCUT2D eigenvalue weighted by atomic mass is 16.2. The number of H-pyrrole nitrogens is 1. The predicted molar refractivity (Wildman–Crippen MR) is 122 cm³/mol. The lowest BCUT2D eigenvalue weighted by Crippen LogP contribution is -2.54. The molecule has 3 N–H and O–H groups in total. The van der Waals surface area contributed by atoms with Gasteiger partial charge in [0.2, 0.25) is 0 Å². The monoisotopic (exact) mass is 447 g/mol. The number of carbonyl (C=O) groups is 3. The number of para-hydroxylation sites is 1. The fraction of sp³-hybridized carbons (Fsp3) is 0.348. The zero-order valence-corrected chi connectivity index (χ0v) is 18.0. The maximum atomic E-state index is 12.8. The van der Waals surface area contributed by atoms with Gasteiger partial charge in [-0.25, -0.2) is 9.59 Å². The van der Waals surface area contributed by atoms with Crippen LogP contribution in [0.4, 0.5) is 15.3 Å². The number of anilines is 1. The average molecular weight is 447 g/mol. The van der Waals surface area contributed by atoms with E-state index < -0.39 is 6.04 Å². The van der Waals surface area contributed by atoms with E-state index in [2.05, 4.69) is 26.0 Å². The number of aromatic amines is 1. The number of hydrogen-bond donors (Lipinski definition) is 3. The Kier molecular flexibility index (Phi) is 5.64. The van der Waals surface area contributed by atoms with Gasteiger partial charge in [-0.05, 0) is 48.6 Å². The Morgan fingerprint density at radius 1 is 1.21 bits per heavy atom. The molecule has 0 spiro atoms. The number of likely N-dealkylation sites (tertiary alicyclic amines) is 1. The number of nitrogens with one attached hydrogen (secondary N) is 3. The number of rotatable bonds is 5. The molecule has 1 aromatic heterocycles. The number of piperidine rings is 1. The lowest BCUT2D eigenvalue weighted by Gasteiger charge is -2.40. The van der Waals surface area contributed by atoms with Crippen LogP contribution < -0.4 is 10.6 Å². The van der Waals surface area contributed by atoms with Crippen LogP contribution in [-0.2, 0) is 17.8 Å². The topological polar surface area (TPSA) is 123 Å². The number of amides is 4. The van der Waals surface area contributed by atoms with E-state index in [-0.39, 0.29) is 18.1 Å². The molecule has 5 rings (SSSR count). The summed E-state index contributed by atoms with van der Waals surface area (Å²) in [7, 11) is 0. The van der Waals surface area contributed by atoms with Crippen LogP contribution in [0, 0.1) is 0 Å². The molecule has 1 saturated heterocycles. The largest absolute Gasteiger partial charge is 0.328 e. The van der Waals surface area contributed by atoms with E-state index in [9.17, 15) is 14.4 Å². The van der Waals surface area contributed by atoms with Gasteiger partial charge < -0.3 is 25.2 Å². The molecule has 4 amide bonds. The van der Waals surface area contributed by atoms with Crippen molar-refractivity contribution < 1.29 is 14.4 Å². The van der Waals surface area contributed by atoms with Gasteiger partial charge in [-0.2, -0.15) is 0 Å². The van der Waals surface area contributed by atoms with Crippen molar-refractivity contribution in [3.8, 4) is 0 Å². The van der Waals surface area contributed by atoms with E-state index in [1.165, 1.54) is 0 Å². The average Bonchev–Trinajstić information content (AvgIpc) is 3.31. The zero-order chi connectivity index (χ0) is 22.8. The second-order valence-corrected chi connectivity index (χ2v) is 8.49. The Bertz CT molecular complexity index is 1190. The first-order valence-electron chi connectivity index (χ1n) is 11.1. The van der Waals surface area contributed by atoms with Crippen molar-refractivity contribution in [2.75, 3.05) is 18.4 Å². The normalized spacial score (nSPS) is 17.4. The maximum Gasteiger partial charge on any atom is 0.322 e. The molecular formula is C23H25N7O3. The second-order valence-electron chi connectivity index (χ2n) is 8.49. The van der Waals surface area contributed by atoms with Gasteiger partial charge in [-0.15, -0.1) is 5.10 Å². The Labute approximate surface area is 190 Å². The fourth-order valence-corrected chi connectivity index (χ4v) is 4.55. The lowest BCUT2D eigenvalue weighted by atomic mass is 10.0. The first-order valence-corrected chi connectivity index (χ1v) is 11.1. The smallest absolute Gasteiger partial charge is 0.322 e. The highest BCUT2D eigenvalue weighted by Gasteiger charge is 2.32. The van der Waals surface area contributed by atoms with Gasteiger partial charge in [0.25, 0.3) is 0 Å². The number of aromatic nitrogens is 3. The van der Waals surface area contributed by atoms with Gasteiger partial charge in [-0.1, -0.05) is 29.5 Å². The minimum Gasteiger partial charge on any atom is -0.328 e. The maximum absolute atomic E-state index is 12.8. The van der Waals surface area contributed by atoms with Crippen molar-refractivity contribution in [3.05, 3.63) is 53.6 Å². The van der Waals surface area contributed by atoms with Crippen molar-refractivity contribution in [3.63, 3.8) is 0 Å². The number of fused-ring (bicyclic) bond motifs is 2. The van der Waals surface area contributed by atoms with Crippen molar-refractivity contribution in [2.45, 2.75) is 37.9 Å². The van der Waals surface area contributed by atoms with Gasteiger partial charge in [-0.3, -0.25) is 5.10 Å². The highest BCUT2D eigenvalue weighted by molar-refractivity contribution is 5.92. The third-order valence-electron chi connectivity index (χ3n) is 6.37. The van der Waals surface area contributed by atoms with Crippen LogP contribution in [0.1, 0.15) is 24.0 Å². The summed E-state index contributed by atoms with van der Waals surface area (Å²) in [5.74, 6) is 0. The number of aldehydes is 1. The second kappa shape index (κ2) is 8.89. The van der Waals surface area contributed by atoms with Crippen LogP contribution in [0.15, 0.2) is 42.5 Å². The van der Waals surface area contributed by atoms with Crippen LogP contribution in [0.2, 0.25) is 0 Å². The van der Waals surface area contributed by atoms with Crippen LogP contribution in [-0.4, -0.2) is 68.7 Å². The molecule has 0 saturated carbocycles. The predicted octanol–water partition coefficient (Wildman–Crippen LogP) is 2.29. The standard InChI is InChI=1S/C23H25N7O3/c31-14-17(11-15-5-6-20-21(12-15)27-28-26-20)24-22(32)29-9-7-18(8-10-29)30-13-16-3-1-2-4-19(16)25-23(30)33/h1-6,12,14,17-18H,7-11,13H2,(H,24,32)(H,25,33)(H,26,27,28). The number of benzene rings is 2. The molecule has 0 radical (unpaired) electrons. The molecule has 2 aromatic carbocycles. The first kappa shape index (κ1) is 20.9. The Balaban J connectivity index is 1.15. The molecule has 2 aliphatic heterocycles. The van der Waals surface area contributed by atoms with E-state index in [0.29, 0.717) is 38.9 Å². The van der Waals surface area contributed by atoms with Crippen LogP contribution in [0.25, 0.3) is 11.0 Å². The summed E-state index contributed by atoms with van der Waals surface area (Å²) in [6.45, 7) is 1.62. The zero-order valence-electron chi connectivity index (χ0n) is 18.0. The van der Waals surface area contributed by atoms with Crippen LogP contribution >= 0.6 is 0 Å². The summed E-state index contributed by atoms with van der Waals surface area (Å²) in [5, 5.41) is 16.3. The van der Waals surface area contributed by atoms with E-state index in [1.54, 1.807) is 4.90 Å². The van der Waals surface area contributed by atoms with E-state index in [4.69, 9.17) is 0 Å². The molecule has 1 unspecified atom stereocenters. The van der Waals surface area contributed by atoms with Crippen molar-refractivity contribution >= 4 is 35.1 Å². The van der Waals surface area contributed by atoms with Gasteiger partial charge in [0, 0.05) is 31.4 Å². The molecule has 1 atom stereocenters. The molecule has 3 aromatic rings. The molecule has 10 heteroatoms. The fourth-order valence-electron chi connectivity index (χ4n) is 4.55. The number of urea groups is 2. The summed E-state index contributed by atoms with van der Waals surface area (Å²) in [6.07, 6.45) is 2.52. The number of hydrogen-bond acceptors (Lipinski definition) is 5. The number of nitrogens with zero attached hydrogens (tertiary/aromatic N) is 4. The molecule has 0 bridgehead atoms. The molecule has 3 heterocycles. The molecule has 0 aliphatic carbocycles. The summed E-state index contributed by atoms with van der Waals surface area (Å²) in [4.78, 5) is 40.5. The Morgan fingerprint density at radius 2 is 2.03 bits per heavy atom. The molecule has 1 fully saturated rings. The van der Waals surface area contributed by atoms with Crippen molar-refractivity contribution in [1.82, 2.24) is 30.5 Å². The van der Waals surface area contributed by atoms with Crippen molar-refractivity contribution in [1.29, 1.82) is 0 Å². The van der Waals surface area contributed by atoms with Gasteiger partial charge >= 0.3 is 12.1 Å². The molecule has 2 aliphatic rings. The van der Waals surface area contributed by atoms with Crippen LogP contribution in [0.5, 0.6) is 0 Å². The molecule has 10 nitrogen and oxygen atoms in total. The third-order valence-corrected chi connectivity index (χ3v) is 6.37. The Morgan fingerprint density at radius 3 is 2.85 bits per heavy atom. The minimum absolute atomic E-state index is 0.0680. The SMILES string of the molecule is O=CC(Cc1ccc2[nH]nnc2c1)NC(=O)N1CCC(N2Cc3ccccc3NC2=O)CC1. The Hall–Kier alpha value is -3.95. The minimum atomic E-state index is -0.635. The van der Waals surface area contributed by atoms with Gasteiger partial charge in [0.1, 0.15) is 11.8 Å². The summed E-state index contributed by atoms with van der Waals surface area (Å²) < 4.78 is 0. The van der Waals surface area contributed by atoms with E-state index >= 15 is 0 Å². The third kappa shape index (κ3) is 4.36. The summed E-state index contributed by atoms with van der Waals surface area (Å²) in [5.41, 5.74) is 4.38. The lowest BCUT2D eigenvalue weighted by molar-refractivity contribution is -0.109. The molecular weight excluding hydrogens is 422 g/mol. The molecule has 33 heavy (non-hydrogen) atoms. The summed E-state index contributed by atoms with van der Waals surface area (Å²) >= 11 is 0. The summed E-state index contributed by atoms with van der Waals surface area (Å²) in [6, 6.07) is 12.5. The van der Waals surface area contributed by atoms with Gasteiger partial charge in [0.15, 0.2) is 0 Å². The van der Waals surface area contributed by atoms with E-state index in [0.717, 1.165) is 34.1 Å². The van der Waals surface area contributed by atoms with E-state index in [1.807, 2.05) is 47.4 Å². The number of carbonyl (C=O) groups excluding carboxylic acids is 3. The van der Waals surface area contributed by atoms with Crippen LogP contribution in [0.3, 0.4) is 0 Å². The molecule has 170 valence electrons. The quantitative estimate of drug-likeness (QED) is 0.518.